The van der Waals surface area contributed by atoms with Crippen LogP contribution in [-0.2, 0) is 16.0 Å². The molecule has 0 bridgehead atoms. The van der Waals surface area contributed by atoms with Crippen LogP contribution in [0.25, 0.3) is 0 Å². The molecule has 0 spiro atoms. The Bertz CT molecular complexity index is 562. The monoisotopic (exact) mass is 393 g/mol. The average molecular weight is 393 g/mol. The maximum Gasteiger partial charge on any atom is 0.339 e. The van der Waals surface area contributed by atoms with Gasteiger partial charge in [-0.1, -0.05) is 0 Å². The summed E-state index contributed by atoms with van der Waals surface area (Å²) in [7, 11) is 1.28. The van der Waals surface area contributed by atoms with Gasteiger partial charge in [-0.15, -0.1) is 0 Å². The molecule has 0 aliphatic carbocycles. The summed E-state index contributed by atoms with van der Waals surface area (Å²) in [5.41, 5.74) is 1.61. The van der Waals surface area contributed by atoms with E-state index in [1.807, 2.05) is 22.6 Å². The number of halogens is 2. The molecule has 1 aliphatic heterocycles. The molecule has 7 heteroatoms. The van der Waals surface area contributed by atoms with Crippen LogP contribution in [0.3, 0.4) is 0 Å². The third-order valence-electron chi connectivity index (χ3n) is 2.93. The van der Waals surface area contributed by atoms with Crippen LogP contribution in [-0.4, -0.2) is 32.3 Å². The zero-order chi connectivity index (χ0) is 14.7. The number of carbonyl (C=O) groups excluding carboxylic acids is 2. The van der Waals surface area contributed by atoms with Crippen molar-refractivity contribution in [2.45, 2.75) is 12.8 Å². The standard InChI is InChI=1S/C13H13FINO4/c1-19-13(18)8-6-9-7(2-3-10(17)16-9)12(11(8)15)20-5-4-14/h6H,2-5H2,1H3,(H,16,17). The first-order valence-electron chi connectivity index (χ1n) is 6.00. The van der Waals surface area contributed by atoms with E-state index in [4.69, 9.17) is 9.47 Å². The molecule has 1 aliphatic rings. The molecule has 0 radical (unpaired) electrons. The Labute approximate surface area is 129 Å². The number of esters is 1. The molecular formula is C13H13FINO4. The van der Waals surface area contributed by atoms with Crippen LogP contribution in [0.4, 0.5) is 10.1 Å². The van der Waals surface area contributed by atoms with Gasteiger partial charge in [0.25, 0.3) is 0 Å². The summed E-state index contributed by atoms with van der Waals surface area (Å²) in [6.45, 7) is -0.722. The highest BCUT2D eigenvalue weighted by molar-refractivity contribution is 14.1. The van der Waals surface area contributed by atoms with E-state index >= 15 is 0 Å². The fraction of sp³-hybridized carbons (Fsp3) is 0.385. The molecule has 0 aromatic heterocycles. The van der Waals surface area contributed by atoms with Crippen LogP contribution in [0, 0.1) is 3.57 Å². The third kappa shape index (κ3) is 2.87. The zero-order valence-electron chi connectivity index (χ0n) is 10.8. The lowest BCUT2D eigenvalue weighted by atomic mass is 9.99. The number of methoxy groups -OCH3 is 1. The van der Waals surface area contributed by atoms with E-state index in [1.165, 1.54) is 7.11 Å². The minimum Gasteiger partial charge on any atom is -0.489 e. The summed E-state index contributed by atoms with van der Waals surface area (Å²) in [4.78, 5) is 23.2. The zero-order valence-corrected chi connectivity index (χ0v) is 13.0. The van der Waals surface area contributed by atoms with Crippen LogP contribution < -0.4 is 10.1 Å². The lowest BCUT2D eigenvalue weighted by Gasteiger charge is -2.22. The van der Waals surface area contributed by atoms with Crippen molar-refractivity contribution < 1.29 is 23.5 Å². The van der Waals surface area contributed by atoms with Gasteiger partial charge in [0, 0.05) is 17.7 Å². The van der Waals surface area contributed by atoms with Crippen LogP contribution in [0.5, 0.6) is 5.75 Å². The SMILES string of the molecule is COC(=O)c1cc2c(c(OCCF)c1I)CCC(=O)N2. The molecule has 108 valence electrons. The number of rotatable bonds is 4. The molecule has 0 saturated carbocycles. The highest BCUT2D eigenvalue weighted by atomic mass is 127. The van der Waals surface area contributed by atoms with Gasteiger partial charge in [-0.3, -0.25) is 4.79 Å². The first-order valence-corrected chi connectivity index (χ1v) is 7.08. The van der Waals surface area contributed by atoms with Gasteiger partial charge in [0.1, 0.15) is 19.0 Å². The van der Waals surface area contributed by atoms with Crippen LogP contribution >= 0.6 is 22.6 Å². The number of anilines is 1. The van der Waals surface area contributed by atoms with Crippen molar-refractivity contribution in [3.05, 3.63) is 20.8 Å². The summed E-state index contributed by atoms with van der Waals surface area (Å²) in [5.74, 6) is -0.200. The van der Waals surface area contributed by atoms with Gasteiger partial charge in [-0.05, 0) is 35.1 Å². The summed E-state index contributed by atoms with van der Waals surface area (Å²) in [6, 6.07) is 1.57. The van der Waals surface area contributed by atoms with Gasteiger partial charge < -0.3 is 14.8 Å². The van der Waals surface area contributed by atoms with E-state index in [2.05, 4.69) is 5.32 Å². The molecule has 0 atom stereocenters. The summed E-state index contributed by atoms with van der Waals surface area (Å²) in [5, 5.41) is 2.70. The Balaban J connectivity index is 2.54. The van der Waals surface area contributed by atoms with E-state index in [9.17, 15) is 14.0 Å². The second-order valence-corrected chi connectivity index (χ2v) is 5.25. The van der Waals surface area contributed by atoms with E-state index < -0.39 is 12.6 Å². The topological polar surface area (TPSA) is 64.6 Å². The van der Waals surface area contributed by atoms with Crippen LogP contribution in [0.1, 0.15) is 22.3 Å². The largest absolute Gasteiger partial charge is 0.489 e. The molecule has 1 N–H and O–H groups in total. The Hall–Kier alpha value is -1.38. The highest BCUT2D eigenvalue weighted by Crippen LogP contribution is 2.38. The quantitative estimate of drug-likeness (QED) is 0.630. The minimum absolute atomic E-state index is 0.0962. The maximum absolute atomic E-state index is 12.3. The van der Waals surface area contributed by atoms with Crippen molar-refractivity contribution >= 4 is 40.2 Å². The Morgan fingerprint density at radius 3 is 2.90 bits per heavy atom. The van der Waals surface area contributed by atoms with E-state index in [-0.39, 0.29) is 12.5 Å². The van der Waals surface area contributed by atoms with Crippen molar-refractivity contribution in [1.82, 2.24) is 0 Å². The van der Waals surface area contributed by atoms with Crippen molar-refractivity contribution in [2.75, 3.05) is 25.7 Å². The number of carbonyl (C=O) groups is 2. The van der Waals surface area contributed by atoms with Crippen LogP contribution in [0.2, 0.25) is 0 Å². The van der Waals surface area contributed by atoms with Crippen molar-refractivity contribution in [2.24, 2.45) is 0 Å². The van der Waals surface area contributed by atoms with Gasteiger partial charge in [0.2, 0.25) is 5.91 Å². The molecule has 5 nitrogen and oxygen atoms in total. The summed E-state index contributed by atoms with van der Waals surface area (Å²) < 4.78 is 23.0. The van der Waals surface area contributed by atoms with Gasteiger partial charge in [0.05, 0.1) is 16.2 Å². The molecule has 0 saturated heterocycles. The first kappa shape index (κ1) is 15.0. The number of fused-ring (bicyclic) bond motifs is 1. The summed E-state index contributed by atoms with van der Waals surface area (Å²) >= 11 is 1.97. The van der Waals surface area contributed by atoms with Crippen molar-refractivity contribution in [1.29, 1.82) is 0 Å². The fourth-order valence-electron chi connectivity index (χ4n) is 2.03. The van der Waals surface area contributed by atoms with Gasteiger partial charge in [-0.25, -0.2) is 9.18 Å². The normalized spacial score (nSPS) is 13.4. The predicted molar refractivity (Wildman–Crippen MR) is 78.9 cm³/mol. The summed E-state index contributed by atoms with van der Waals surface area (Å²) in [6.07, 6.45) is 0.840. The lowest BCUT2D eigenvalue weighted by Crippen LogP contribution is -2.21. The van der Waals surface area contributed by atoms with Crippen molar-refractivity contribution in [3.8, 4) is 5.75 Å². The highest BCUT2D eigenvalue weighted by Gasteiger charge is 2.26. The van der Waals surface area contributed by atoms with E-state index in [1.54, 1.807) is 6.07 Å². The molecule has 1 aromatic rings. The maximum atomic E-state index is 12.3. The lowest BCUT2D eigenvalue weighted by molar-refractivity contribution is -0.116. The Morgan fingerprint density at radius 1 is 1.50 bits per heavy atom. The minimum atomic E-state index is -0.625. The smallest absolute Gasteiger partial charge is 0.339 e. The van der Waals surface area contributed by atoms with E-state index in [0.717, 1.165) is 5.56 Å². The van der Waals surface area contributed by atoms with Crippen LogP contribution in [0.15, 0.2) is 6.07 Å². The average Bonchev–Trinajstić information content (AvgIpc) is 2.45. The van der Waals surface area contributed by atoms with Gasteiger partial charge in [-0.2, -0.15) is 0 Å². The molecule has 1 amide bonds. The Kier molecular flexibility index (Phi) is 4.79. The first-order chi connectivity index (χ1) is 9.58. The number of ether oxygens (including phenoxy) is 2. The number of hydrogen-bond donors (Lipinski definition) is 1. The number of nitrogens with one attached hydrogen (secondary N) is 1. The van der Waals surface area contributed by atoms with Gasteiger partial charge in [0.15, 0.2) is 0 Å². The number of amides is 1. The molecule has 0 unspecified atom stereocenters. The predicted octanol–water partition coefficient (Wildman–Crippen LogP) is 2.31. The van der Waals surface area contributed by atoms with Crippen molar-refractivity contribution in [3.63, 3.8) is 0 Å². The molecular weight excluding hydrogens is 380 g/mol. The molecule has 2 rings (SSSR count). The van der Waals surface area contributed by atoms with E-state index in [0.29, 0.717) is 33.4 Å². The number of benzene rings is 1. The Morgan fingerprint density at radius 2 is 2.25 bits per heavy atom. The number of alkyl halides is 1. The third-order valence-corrected chi connectivity index (χ3v) is 4.00. The van der Waals surface area contributed by atoms with Gasteiger partial charge >= 0.3 is 5.97 Å². The second-order valence-electron chi connectivity index (χ2n) is 4.17. The molecule has 1 aromatic carbocycles. The number of hydrogen-bond acceptors (Lipinski definition) is 4. The molecule has 1 heterocycles. The molecule has 0 fully saturated rings. The second kappa shape index (κ2) is 6.38. The molecule has 20 heavy (non-hydrogen) atoms. The fourth-order valence-corrected chi connectivity index (χ4v) is 2.89.